The number of hydrogen-bond donors (Lipinski definition) is 3. The van der Waals surface area contributed by atoms with Crippen LogP contribution in [0.25, 0.3) is 0 Å². The van der Waals surface area contributed by atoms with Crippen molar-refractivity contribution in [1.82, 2.24) is 0 Å². The molecule has 23 heavy (non-hydrogen) atoms. The van der Waals surface area contributed by atoms with Gasteiger partial charge >= 0.3 is 35.5 Å². The van der Waals surface area contributed by atoms with Crippen LogP contribution >= 0.6 is 0 Å². The van der Waals surface area contributed by atoms with Crippen LogP contribution in [0.2, 0.25) is 0 Å². The van der Waals surface area contributed by atoms with Gasteiger partial charge in [-0.05, 0) is 42.5 Å². The van der Waals surface area contributed by atoms with Gasteiger partial charge in [0, 0.05) is 0 Å². The molecule has 8 nitrogen and oxygen atoms in total. The first kappa shape index (κ1) is 19.3. The van der Waals surface area contributed by atoms with Gasteiger partial charge in [0.15, 0.2) is 0 Å². The van der Waals surface area contributed by atoms with Gasteiger partial charge in [-0.15, -0.1) is 0 Å². The molecule has 3 N–H and O–H groups in total. The van der Waals surface area contributed by atoms with Crippen molar-refractivity contribution in [3.8, 4) is 5.75 Å². The third-order valence-electron chi connectivity index (χ3n) is 2.63. The zero-order chi connectivity index (χ0) is 16.3. The van der Waals surface area contributed by atoms with Crippen LogP contribution < -0.4 is 29.6 Å². The Bertz CT molecular complexity index is 849. The van der Waals surface area contributed by atoms with Gasteiger partial charge in [-0.2, -0.15) is 18.6 Å². The average molecular weight is 345 g/mol. The third kappa shape index (κ3) is 5.12. The van der Waals surface area contributed by atoms with Crippen molar-refractivity contribution in [3.05, 3.63) is 48.0 Å². The van der Waals surface area contributed by atoms with Crippen LogP contribution in [0.1, 0.15) is 10.4 Å². The summed E-state index contributed by atoms with van der Waals surface area (Å²) in [6.45, 7) is 0. The van der Waals surface area contributed by atoms with Gasteiger partial charge in [-0.1, -0.05) is 0 Å². The second-order valence-corrected chi connectivity index (χ2v) is 5.60. The SMILES string of the molecule is O=C(O)c1cc(N=Nc2ccc(S(=O)(=O)O)cc2)ccc1O.[Na+]. The molecular formula is C13H10N2NaO6S+. The van der Waals surface area contributed by atoms with E-state index in [0.717, 1.165) is 18.2 Å². The Labute approximate surface area is 153 Å². The van der Waals surface area contributed by atoms with E-state index < -0.39 is 16.1 Å². The molecule has 0 radical (unpaired) electrons. The Balaban J connectivity index is 0.00000264. The first-order valence-corrected chi connectivity index (χ1v) is 7.27. The molecule has 0 saturated carbocycles. The molecular weight excluding hydrogens is 335 g/mol. The zero-order valence-corrected chi connectivity index (χ0v) is 14.7. The minimum absolute atomic E-state index is 0. The molecule has 0 unspecified atom stereocenters. The number of azo groups is 1. The quantitative estimate of drug-likeness (QED) is 0.397. The molecule has 0 heterocycles. The second-order valence-electron chi connectivity index (χ2n) is 4.18. The van der Waals surface area contributed by atoms with E-state index in [1.165, 1.54) is 24.3 Å². The molecule has 0 spiro atoms. The van der Waals surface area contributed by atoms with Gasteiger partial charge < -0.3 is 10.2 Å². The largest absolute Gasteiger partial charge is 1.00 e. The molecule has 2 aromatic carbocycles. The fourth-order valence-electron chi connectivity index (χ4n) is 1.56. The predicted molar refractivity (Wildman–Crippen MR) is 75.5 cm³/mol. The summed E-state index contributed by atoms with van der Waals surface area (Å²) in [6, 6.07) is 8.66. The van der Waals surface area contributed by atoms with Crippen LogP contribution in [-0.4, -0.2) is 29.2 Å². The average Bonchev–Trinajstić information content (AvgIpc) is 2.45. The summed E-state index contributed by atoms with van der Waals surface area (Å²) in [4.78, 5) is 10.6. The Morgan fingerprint density at radius 3 is 2.00 bits per heavy atom. The fraction of sp³-hybridized carbons (Fsp3) is 0. The van der Waals surface area contributed by atoms with Crippen molar-refractivity contribution in [2.75, 3.05) is 0 Å². The van der Waals surface area contributed by atoms with Crippen molar-refractivity contribution in [1.29, 1.82) is 0 Å². The molecule has 2 aromatic rings. The number of aromatic carboxylic acids is 1. The smallest absolute Gasteiger partial charge is 0.507 e. The summed E-state index contributed by atoms with van der Waals surface area (Å²) in [5.74, 6) is -1.68. The minimum Gasteiger partial charge on any atom is -0.507 e. The molecule has 0 bridgehead atoms. The molecule has 0 fully saturated rings. The van der Waals surface area contributed by atoms with Crippen molar-refractivity contribution in [2.45, 2.75) is 4.90 Å². The molecule has 114 valence electrons. The summed E-state index contributed by atoms with van der Waals surface area (Å²) in [5.41, 5.74) is 0.199. The van der Waals surface area contributed by atoms with Gasteiger partial charge in [-0.25, -0.2) is 4.79 Å². The van der Waals surface area contributed by atoms with Crippen LogP contribution in [0.4, 0.5) is 11.4 Å². The van der Waals surface area contributed by atoms with E-state index in [4.69, 9.17) is 9.66 Å². The first-order valence-electron chi connectivity index (χ1n) is 5.83. The number of benzene rings is 2. The molecule has 0 aromatic heterocycles. The molecule has 0 amide bonds. The number of carboxylic acids is 1. The molecule has 0 saturated heterocycles. The van der Waals surface area contributed by atoms with Gasteiger partial charge in [0.05, 0.1) is 16.3 Å². The molecule has 0 atom stereocenters. The maximum absolute atomic E-state index is 10.9. The summed E-state index contributed by atoms with van der Waals surface area (Å²) in [6.07, 6.45) is 0. The van der Waals surface area contributed by atoms with Gasteiger partial charge in [0.1, 0.15) is 11.3 Å². The predicted octanol–water partition coefficient (Wildman–Crippen LogP) is -0.244. The number of phenols is 1. The molecule has 0 aliphatic rings. The van der Waals surface area contributed by atoms with E-state index in [9.17, 15) is 18.3 Å². The number of aromatic hydroxyl groups is 1. The Kier molecular flexibility index (Phi) is 6.42. The minimum atomic E-state index is -4.27. The van der Waals surface area contributed by atoms with E-state index in [-0.39, 0.29) is 51.5 Å². The van der Waals surface area contributed by atoms with Gasteiger partial charge in [-0.3, -0.25) is 4.55 Å². The summed E-state index contributed by atoms with van der Waals surface area (Å²) >= 11 is 0. The van der Waals surface area contributed by atoms with Gasteiger partial charge in [0.2, 0.25) is 0 Å². The summed E-state index contributed by atoms with van der Waals surface area (Å²) in [5, 5.41) is 25.8. The van der Waals surface area contributed by atoms with Crippen molar-refractivity contribution in [3.63, 3.8) is 0 Å². The van der Waals surface area contributed by atoms with E-state index in [0.29, 0.717) is 5.69 Å². The van der Waals surface area contributed by atoms with Crippen LogP contribution in [0, 0.1) is 0 Å². The molecule has 10 heteroatoms. The van der Waals surface area contributed by atoms with E-state index in [2.05, 4.69) is 10.2 Å². The molecule has 0 aliphatic carbocycles. The molecule has 2 rings (SSSR count). The fourth-order valence-corrected chi connectivity index (χ4v) is 2.04. The second kappa shape index (κ2) is 7.66. The van der Waals surface area contributed by atoms with Crippen LogP contribution in [0.5, 0.6) is 5.75 Å². The third-order valence-corrected chi connectivity index (χ3v) is 3.49. The normalized spacial score (nSPS) is 11.2. The monoisotopic (exact) mass is 345 g/mol. The number of nitrogens with zero attached hydrogens (tertiary/aromatic N) is 2. The number of carbonyl (C=O) groups is 1. The maximum atomic E-state index is 10.9. The van der Waals surface area contributed by atoms with Crippen LogP contribution in [0.15, 0.2) is 57.6 Å². The van der Waals surface area contributed by atoms with E-state index in [1.54, 1.807) is 0 Å². The Morgan fingerprint density at radius 1 is 0.957 bits per heavy atom. The Hall–Kier alpha value is -1.78. The van der Waals surface area contributed by atoms with Crippen LogP contribution in [-0.2, 0) is 10.1 Å². The maximum Gasteiger partial charge on any atom is 1.00 e. The number of carboxylic acid groups (broad SMARTS) is 1. The zero-order valence-electron chi connectivity index (χ0n) is 11.9. The first-order chi connectivity index (χ1) is 10.3. The topological polar surface area (TPSA) is 137 Å². The van der Waals surface area contributed by atoms with E-state index >= 15 is 0 Å². The Morgan fingerprint density at radius 2 is 1.48 bits per heavy atom. The number of rotatable bonds is 4. The van der Waals surface area contributed by atoms with Gasteiger partial charge in [0.25, 0.3) is 10.1 Å². The van der Waals surface area contributed by atoms with Crippen molar-refractivity contribution < 1.29 is 57.5 Å². The van der Waals surface area contributed by atoms with Crippen LogP contribution in [0.3, 0.4) is 0 Å². The summed E-state index contributed by atoms with van der Waals surface area (Å²) in [7, 11) is -4.27. The van der Waals surface area contributed by atoms with E-state index in [1.807, 2.05) is 0 Å². The van der Waals surface area contributed by atoms with Crippen molar-refractivity contribution in [2.24, 2.45) is 10.2 Å². The van der Waals surface area contributed by atoms with Crippen molar-refractivity contribution >= 4 is 27.5 Å². The molecule has 0 aliphatic heterocycles. The number of hydrogen-bond acceptors (Lipinski definition) is 6. The standard InChI is InChI=1S/C13H10N2O6S.Na/c16-12-6-3-9(7-11(12)13(17)18)15-14-8-1-4-10(5-2-8)22(19,20)21;/h1-7,16H,(H,17,18)(H,19,20,21);/q;+1. The summed E-state index contributed by atoms with van der Waals surface area (Å²) < 4.78 is 30.6.